The normalized spacial score (nSPS) is 14.5. The minimum atomic E-state index is -3.77. The average Bonchev–Trinajstić information content (AvgIpc) is 3.51. The smallest absolute Gasteiger partial charge is 0.269 e. The Bertz CT molecular complexity index is 1810. The first kappa shape index (κ1) is 33.6. The maximum absolute atomic E-state index is 13.1. The van der Waals surface area contributed by atoms with Gasteiger partial charge in [0.05, 0.1) is 10.6 Å². The molecular formula is C33H38BrN7O3S. The lowest BCUT2D eigenvalue weighted by molar-refractivity contribution is 0.0714. The molecule has 1 atom stereocenters. The van der Waals surface area contributed by atoms with Gasteiger partial charge in [0.2, 0.25) is 0 Å². The standard InChI is InChI=1S/C29H27N7O3S.C2H5Br.C2H6/c30-23-10-8-20(9-11-23)29(37)35-13-4-5-24(18-35)34-27-16-26(32-19-33-27)22-15-21-12-14-36(28(21)31-17-22)40(38,39)25-6-2-1-3-7-25;1-2-3;1-2/h1-3,6-12,14-17,19,24H,4-5,13,18,30H2,(H,32,33,34);2H2,1H3;1-2H3. The van der Waals surface area contributed by atoms with Crippen molar-refractivity contribution in [3.05, 3.63) is 97.1 Å². The van der Waals surface area contributed by atoms with Crippen molar-refractivity contribution in [2.75, 3.05) is 29.5 Å². The van der Waals surface area contributed by atoms with E-state index in [0.29, 0.717) is 46.9 Å². The third-order valence-electron chi connectivity index (χ3n) is 6.97. The molecule has 0 saturated carbocycles. The molecule has 3 aromatic heterocycles. The number of anilines is 2. The summed E-state index contributed by atoms with van der Waals surface area (Å²) in [4.78, 5) is 28.3. The molecule has 1 unspecified atom stereocenters. The van der Waals surface area contributed by atoms with Crippen molar-refractivity contribution in [1.29, 1.82) is 0 Å². The number of likely N-dealkylation sites (tertiary alicyclic amines) is 1. The van der Waals surface area contributed by atoms with Crippen LogP contribution in [0.5, 0.6) is 0 Å². The van der Waals surface area contributed by atoms with E-state index in [1.807, 2.05) is 37.8 Å². The zero-order valence-electron chi connectivity index (χ0n) is 25.6. The third kappa shape index (κ3) is 8.06. The molecule has 5 aromatic rings. The van der Waals surface area contributed by atoms with E-state index in [1.54, 1.807) is 66.9 Å². The number of nitrogen functional groups attached to an aromatic ring is 1. The van der Waals surface area contributed by atoms with Gasteiger partial charge in [-0.05, 0) is 61.4 Å². The first-order chi connectivity index (χ1) is 21.8. The Labute approximate surface area is 272 Å². The van der Waals surface area contributed by atoms with Crippen LogP contribution in [0.4, 0.5) is 11.5 Å². The number of rotatable bonds is 6. The fourth-order valence-corrected chi connectivity index (χ4v) is 6.26. The summed E-state index contributed by atoms with van der Waals surface area (Å²) in [7, 11) is -3.77. The number of nitrogens with one attached hydrogen (secondary N) is 1. The Hall–Kier alpha value is -4.29. The van der Waals surface area contributed by atoms with E-state index < -0.39 is 10.0 Å². The summed E-state index contributed by atoms with van der Waals surface area (Å²) >= 11 is 3.15. The number of hydrogen-bond donors (Lipinski definition) is 2. The predicted octanol–water partition coefficient (Wildman–Crippen LogP) is 6.46. The number of nitrogens with zero attached hydrogens (tertiary/aromatic N) is 5. The second-order valence-electron chi connectivity index (χ2n) is 9.98. The van der Waals surface area contributed by atoms with E-state index >= 15 is 0 Å². The predicted molar refractivity (Wildman–Crippen MR) is 184 cm³/mol. The molecule has 1 amide bonds. The molecule has 1 saturated heterocycles. The molecule has 6 rings (SSSR count). The zero-order valence-corrected chi connectivity index (χ0v) is 28.0. The van der Waals surface area contributed by atoms with Crippen LogP contribution < -0.4 is 11.1 Å². The molecule has 12 heteroatoms. The van der Waals surface area contributed by atoms with E-state index in [-0.39, 0.29) is 16.8 Å². The van der Waals surface area contributed by atoms with Gasteiger partial charge in [-0.1, -0.05) is 54.9 Å². The highest BCUT2D eigenvalue weighted by atomic mass is 79.9. The number of alkyl halides is 1. The van der Waals surface area contributed by atoms with Crippen LogP contribution in [0, 0.1) is 0 Å². The number of piperidine rings is 1. The van der Waals surface area contributed by atoms with Gasteiger partial charge >= 0.3 is 0 Å². The molecule has 45 heavy (non-hydrogen) atoms. The zero-order chi connectivity index (χ0) is 32.4. The van der Waals surface area contributed by atoms with Crippen LogP contribution in [0.25, 0.3) is 22.3 Å². The average molecular weight is 693 g/mol. The van der Waals surface area contributed by atoms with Gasteiger partial charge in [-0.25, -0.2) is 27.3 Å². The van der Waals surface area contributed by atoms with Gasteiger partial charge in [-0.15, -0.1) is 0 Å². The van der Waals surface area contributed by atoms with Gasteiger partial charge in [-0.2, -0.15) is 0 Å². The number of nitrogens with two attached hydrogens (primary N) is 1. The highest BCUT2D eigenvalue weighted by molar-refractivity contribution is 9.09. The van der Waals surface area contributed by atoms with Crippen molar-refractivity contribution in [1.82, 2.24) is 23.8 Å². The first-order valence-corrected chi connectivity index (χ1v) is 17.4. The molecule has 1 fully saturated rings. The SMILES string of the molecule is CC.CCBr.Nc1ccc(C(=O)N2CCCC(Nc3cc(-c4cnc5c(ccn5S(=O)(=O)c5ccccc5)c4)ncn3)C2)cc1. The number of carbonyl (C=O) groups excluding carboxylic acids is 1. The summed E-state index contributed by atoms with van der Waals surface area (Å²) in [6, 6.07) is 20.7. The van der Waals surface area contributed by atoms with Gasteiger partial charge in [-0.3, -0.25) is 4.79 Å². The van der Waals surface area contributed by atoms with Gasteiger partial charge in [0.15, 0.2) is 5.65 Å². The fourth-order valence-electron chi connectivity index (χ4n) is 4.93. The van der Waals surface area contributed by atoms with E-state index in [4.69, 9.17) is 5.73 Å². The third-order valence-corrected chi connectivity index (χ3v) is 8.65. The Kier molecular flexibility index (Phi) is 11.7. The fraction of sp³-hybridized carbons (Fsp3) is 0.273. The monoisotopic (exact) mass is 691 g/mol. The summed E-state index contributed by atoms with van der Waals surface area (Å²) < 4.78 is 27.4. The Balaban J connectivity index is 0.000000871. The highest BCUT2D eigenvalue weighted by Crippen LogP contribution is 2.26. The van der Waals surface area contributed by atoms with Gasteiger partial charge in [0.1, 0.15) is 12.1 Å². The molecular weight excluding hydrogens is 654 g/mol. The number of hydrogen-bond acceptors (Lipinski definition) is 8. The molecule has 10 nitrogen and oxygen atoms in total. The van der Waals surface area contributed by atoms with Crippen molar-refractivity contribution >= 4 is 54.4 Å². The van der Waals surface area contributed by atoms with E-state index in [9.17, 15) is 13.2 Å². The summed E-state index contributed by atoms with van der Waals surface area (Å²) in [5, 5.41) is 5.18. The van der Waals surface area contributed by atoms with Crippen molar-refractivity contribution in [2.24, 2.45) is 0 Å². The number of pyridine rings is 1. The topological polar surface area (TPSA) is 136 Å². The van der Waals surface area contributed by atoms with Crippen molar-refractivity contribution in [3.63, 3.8) is 0 Å². The lowest BCUT2D eigenvalue weighted by atomic mass is 10.0. The van der Waals surface area contributed by atoms with Crippen LogP contribution in [0.1, 0.15) is 44.0 Å². The number of halogens is 1. The van der Waals surface area contributed by atoms with Crippen LogP contribution in [-0.4, -0.2) is 62.6 Å². The molecule has 0 bridgehead atoms. The van der Waals surface area contributed by atoms with Crippen molar-refractivity contribution in [3.8, 4) is 11.3 Å². The van der Waals surface area contributed by atoms with Crippen LogP contribution >= 0.6 is 15.9 Å². The second kappa shape index (κ2) is 15.6. The lowest BCUT2D eigenvalue weighted by Gasteiger charge is -2.33. The summed E-state index contributed by atoms with van der Waals surface area (Å²) in [6.45, 7) is 7.29. The summed E-state index contributed by atoms with van der Waals surface area (Å²) in [6.07, 6.45) is 6.38. The van der Waals surface area contributed by atoms with Crippen molar-refractivity contribution in [2.45, 2.75) is 44.6 Å². The molecule has 0 spiro atoms. The van der Waals surface area contributed by atoms with Crippen LogP contribution in [0.3, 0.4) is 0 Å². The molecule has 1 aliphatic heterocycles. The van der Waals surface area contributed by atoms with Crippen molar-refractivity contribution < 1.29 is 13.2 Å². The Morgan fingerprint density at radius 2 is 1.73 bits per heavy atom. The minimum absolute atomic E-state index is 0.0181. The van der Waals surface area contributed by atoms with Gasteiger partial charge < -0.3 is 16.0 Å². The maximum atomic E-state index is 13.1. The van der Waals surface area contributed by atoms with Crippen LogP contribution in [-0.2, 0) is 10.0 Å². The van der Waals surface area contributed by atoms with E-state index in [1.165, 1.54) is 16.5 Å². The lowest BCUT2D eigenvalue weighted by Crippen LogP contribution is -2.45. The molecule has 1 aliphatic rings. The maximum Gasteiger partial charge on any atom is 0.269 e. The summed E-state index contributed by atoms with van der Waals surface area (Å²) in [5.74, 6) is 0.622. The van der Waals surface area contributed by atoms with E-state index in [0.717, 1.165) is 23.7 Å². The first-order valence-electron chi connectivity index (χ1n) is 14.9. The molecule has 236 valence electrons. The van der Waals surface area contributed by atoms with Crippen LogP contribution in [0.15, 0.2) is 96.4 Å². The number of benzene rings is 2. The second-order valence-corrected chi connectivity index (χ2v) is 12.9. The highest BCUT2D eigenvalue weighted by Gasteiger charge is 2.25. The number of fused-ring (bicyclic) bond motifs is 1. The summed E-state index contributed by atoms with van der Waals surface area (Å²) in [5.41, 5.74) is 8.72. The molecule has 2 aromatic carbocycles. The molecule has 0 aliphatic carbocycles. The molecule has 3 N–H and O–H groups in total. The Morgan fingerprint density at radius 1 is 1.02 bits per heavy atom. The number of aromatic nitrogens is 4. The van der Waals surface area contributed by atoms with Crippen LogP contribution in [0.2, 0.25) is 0 Å². The number of carbonyl (C=O) groups is 1. The minimum Gasteiger partial charge on any atom is -0.399 e. The largest absolute Gasteiger partial charge is 0.399 e. The van der Waals surface area contributed by atoms with Gasteiger partial charge in [0.25, 0.3) is 15.9 Å². The molecule has 4 heterocycles. The van der Waals surface area contributed by atoms with E-state index in [2.05, 4.69) is 36.2 Å². The number of amides is 1. The molecule has 0 radical (unpaired) electrons. The van der Waals surface area contributed by atoms with Gasteiger partial charge in [0, 0.05) is 65.1 Å². The quantitative estimate of drug-likeness (QED) is 0.153. The Morgan fingerprint density at radius 3 is 2.44 bits per heavy atom.